The first-order valence-corrected chi connectivity index (χ1v) is 8.73. The SMILES string of the molecule is C[C@@H](OC(=O)[C@@H]1C[C@H]2CC[C@H]1C2)C(=O)Nc1ccc2[nH]c(=O)[nH]c2c1. The Balaban J connectivity index is 1.37. The molecule has 1 amide bonds. The van der Waals surface area contributed by atoms with Crippen LogP contribution >= 0.6 is 0 Å². The molecule has 2 aromatic rings. The minimum Gasteiger partial charge on any atom is -0.452 e. The van der Waals surface area contributed by atoms with Gasteiger partial charge in [0, 0.05) is 5.69 Å². The Morgan fingerprint density at radius 1 is 1.20 bits per heavy atom. The van der Waals surface area contributed by atoms with Crippen LogP contribution in [-0.4, -0.2) is 27.9 Å². The van der Waals surface area contributed by atoms with Gasteiger partial charge in [-0.05, 0) is 56.2 Å². The Hall–Kier alpha value is -2.57. The van der Waals surface area contributed by atoms with Gasteiger partial charge in [-0.1, -0.05) is 6.42 Å². The van der Waals surface area contributed by atoms with E-state index in [4.69, 9.17) is 4.74 Å². The molecule has 0 saturated heterocycles. The van der Waals surface area contributed by atoms with Gasteiger partial charge in [0.25, 0.3) is 5.91 Å². The number of carbonyl (C=O) groups is 2. The van der Waals surface area contributed by atoms with Crippen LogP contribution in [0, 0.1) is 17.8 Å². The molecule has 3 N–H and O–H groups in total. The van der Waals surface area contributed by atoms with E-state index in [0.717, 1.165) is 19.3 Å². The van der Waals surface area contributed by atoms with Crippen molar-refractivity contribution in [1.82, 2.24) is 9.97 Å². The van der Waals surface area contributed by atoms with E-state index in [1.54, 1.807) is 25.1 Å². The average molecular weight is 343 g/mol. The first kappa shape index (κ1) is 15.9. The number of aromatic amines is 2. The molecule has 2 bridgehead atoms. The third-order valence-electron chi connectivity index (χ3n) is 5.49. The number of esters is 1. The Bertz CT molecular complexity index is 884. The summed E-state index contributed by atoms with van der Waals surface area (Å²) in [6.07, 6.45) is 3.48. The topological polar surface area (TPSA) is 104 Å². The fourth-order valence-corrected chi connectivity index (χ4v) is 4.20. The number of hydrogen-bond acceptors (Lipinski definition) is 4. The van der Waals surface area contributed by atoms with E-state index in [1.807, 2.05) is 0 Å². The highest BCUT2D eigenvalue weighted by molar-refractivity contribution is 5.96. The number of anilines is 1. The van der Waals surface area contributed by atoms with E-state index in [2.05, 4.69) is 15.3 Å². The van der Waals surface area contributed by atoms with Crippen molar-refractivity contribution >= 4 is 28.6 Å². The van der Waals surface area contributed by atoms with E-state index in [1.165, 1.54) is 6.42 Å². The van der Waals surface area contributed by atoms with Crippen molar-refractivity contribution in [2.45, 2.75) is 38.7 Å². The molecule has 4 rings (SSSR count). The summed E-state index contributed by atoms with van der Waals surface area (Å²) >= 11 is 0. The molecule has 2 fully saturated rings. The summed E-state index contributed by atoms with van der Waals surface area (Å²) in [5.74, 6) is 0.409. The monoisotopic (exact) mass is 343 g/mol. The van der Waals surface area contributed by atoms with Gasteiger partial charge in [-0.2, -0.15) is 0 Å². The molecule has 4 atom stereocenters. The second-order valence-corrected chi connectivity index (χ2v) is 7.19. The molecule has 132 valence electrons. The molecule has 2 saturated carbocycles. The van der Waals surface area contributed by atoms with Crippen molar-refractivity contribution in [1.29, 1.82) is 0 Å². The number of rotatable bonds is 4. The van der Waals surface area contributed by atoms with Gasteiger partial charge in [-0.3, -0.25) is 9.59 Å². The lowest BCUT2D eigenvalue weighted by Gasteiger charge is -2.22. The first-order chi connectivity index (χ1) is 12.0. The number of aromatic nitrogens is 2. The fourth-order valence-electron chi connectivity index (χ4n) is 4.20. The van der Waals surface area contributed by atoms with E-state index in [0.29, 0.717) is 28.6 Å². The van der Waals surface area contributed by atoms with Gasteiger partial charge >= 0.3 is 11.7 Å². The van der Waals surface area contributed by atoms with Crippen LogP contribution in [0.3, 0.4) is 0 Å². The lowest BCUT2D eigenvalue weighted by molar-refractivity contribution is -0.158. The second-order valence-electron chi connectivity index (χ2n) is 7.19. The maximum absolute atomic E-state index is 12.3. The molecule has 2 aliphatic rings. The molecule has 25 heavy (non-hydrogen) atoms. The Morgan fingerprint density at radius 2 is 2.00 bits per heavy atom. The maximum Gasteiger partial charge on any atom is 0.323 e. The van der Waals surface area contributed by atoms with Crippen molar-refractivity contribution in [2.24, 2.45) is 17.8 Å². The fraction of sp³-hybridized carbons (Fsp3) is 0.500. The molecule has 0 radical (unpaired) electrons. The molecule has 1 heterocycles. The highest BCUT2D eigenvalue weighted by Gasteiger charge is 2.44. The number of carbonyl (C=O) groups excluding carboxylic acids is 2. The van der Waals surface area contributed by atoms with Gasteiger partial charge in [0.05, 0.1) is 17.0 Å². The summed E-state index contributed by atoms with van der Waals surface area (Å²) in [4.78, 5) is 41.2. The number of hydrogen-bond donors (Lipinski definition) is 3. The van der Waals surface area contributed by atoms with Gasteiger partial charge in [-0.15, -0.1) is 0 Å². The normalized spacial score (nSPS) is 25.9. The number of ether oxygens (including phenoxy) is 1. The van der Waals surface area contributed by atoms with Crippen LogP contribution in [0.1, 0.15) is 32.6 Å². The summed E-state index contributed by atoms with van der Waals surface area (Å²) in [5, 5.41) is 2.72. The van der Waals surface area contributed by atoms with E-state index in [9.17, 15) is 14.4 Å². The molecule has 0 spiro atoms. The third kappa shape index (κ3) is 3.06. The van der Waals surface area contributed by atoms with Crippen molar-refractivity contribution < 1.29 is 14.3 Å². The number of H-pyrrole nitrogens is 2. The van der Waals surface area contributed by atoms with Crippen molar-refractivity contribution in [2.75, 3.05) is 5.32 Å². The lowest BCUT2D eigenvalue weighted by atomic mass is 9.89. The summed E-state index contributed by atoms with van der Waals surface area (Å²) < 4.78 is 5.40. The van der Waals surface area contributed by atoms with Crippen molar-refractivity contribution in [3.05, 3.63) is 28.7 Å². The summed E-state index contributed by atoms with van der Waals surface area (Å²) in [6, 6.07) is 5.05. The standard InChI is InChI=1S/C18H21N3O4/c1-9(25-17(23)13-7-10-2-3-11(13)6-10)16(22)19-12-4-5-14-15(8-12)21-18(24)20-14/h4-5,8-11,13H,2-3,6-7H2,1H3,(H,19,22)(H2,20,21,24)/t9-,10+,11+,13-/m1/s1. The van der Waals surface area contributed by atoms with Crippen LogP contribution in [-0.2, 0) is 14.3 Å². The van der Waals surface area contributed by atoms with E-state index < -0.39 is 6.10 Å². The number of amides is 1. The van der Waals surface area contributed by atoms with Crippen LogP contribution in [0.25, 0.3) is 11.0 Å². The first-order valence-electron chi connectivity index (χ1n) is 8.73. The van der Waals surface area contributed by atoms with Gasteiger partial charge in [0.15, 0.2) is 6.10 Å². The molecular weight excluding hydrogens is 322 g/mol. The summed E-state index contributed by atoms with van der Waals surface area (Å²) in [7, 11) is 0. The van der Waals surface area contributed by atoms with Gasteiger partial charge in [0.1, 0.15) is 0 Å². The van der Waals surface area contributed by atoms with Crippen LogP contribution in [0.4, 0.5) is 5.69 Å². The number of imidazole rings is 1. The zero-order chi connectivity index (χ0) is 17.6. The minimum absolute atomic E-state index is 0.0460. The molecule has 1 aromatic carbocycles. The zero-order valence-electron chi connectivity index (χ0n) is 14.0. The quantitative estimate of drug-likeness (QED) is 0.740. The summed E-state index contributed by atoms with van der Waals surface area (Å²) in [6.45, 7) is 1.58. The predicted octanol–water partition coefficient (Wildman–Crippen LogP) is 2.16. The van der Waals surface area contributed by atoms with Gasteiger partial charge < -0.3 is 20.0 Å². The maximum atomic E-state index is 12.3. The predicted molar refractivity (Wildman–Crippen MR) is 92.0 cm³/mol. The zero-order valence-corrected chi connectivity index (χ0v) is 14.0. The third-order valence-corrected chi connectivity index (χ3v) is 5.49. The molecule has 1 aromatic heterocycles. The Morgan fingerprint density at radius 3 is 2.72 bits per heavy atom. The number of benzene rings is 1. The second kappa shape index (κ2) is 6.06. The van der Waals surface area contributed by atoms with Gasteiger partial charge in [0.2, 0.25) is 0 Å². The molecule has 0 unspecified atom stereocenters. The Labute approximate surface area is 144 Å². The molecule has 2 aliphatic carbocycles. The largest absolute Gasteiger partial charge is 0.452 e. The molecule has 7 nitrogen and oxygen atoms in total. The van der Waals surface area contributed by atoms with Crippen LogP contribution in [0.15, 0.2) is 23.0 Å². The average Bonchev–Trinajstić information content (AvgIpc) is 3.28. The smallest absolute Gasteiger partial charge is 0.323 e. The highest BCUT2D eigenvalue weighted by Crippen LogP contribution is 2.48. The number of nitrogens with one attached hydrogen (secondary N) is 3. The Kier molecular flexibility index (Phi) is 3.86. The van der Waals surface area contributed by atoms with E-state index >= 15 is 0 Å². The molecular formula is C18H21N3O4. The summed E-state index contributed by atoms with van der Waals surface area (Å²) in [5.41, 5.74) is 1.51. The molecule has 0 aliphatic heterocycles. The van der Waals surface area contributed by atoms with Crippen molar-refractivity contribution in [3.63, 3.8) is 0 Å². The van der Waals surface area contributed by atoms with Gasteiger partial charge in [-0.25, -0.2) is 4.79 Å². The van der Waals surface area contributed by atoms with Crippen LogP contribution in [0.2, 0.25) is 0 Å². The van der Waals surface area contributed by atoms with Crippen LogP contribution < -0.4 is 11.0 Å². The lowest BCUT2D eigenvalue weighted by Crippen LogP contribution is -2.33. The minimum atomic E-state index is -0.854. The van der Waals surface area contributed by atoms with Crippen LogP contribution in [0.5, 0.6) is 0 Å². The molecule has 7 heteroatoms. The number of fused-ring (bicyclic) bond motifs is 3. The van der Waals surface area contributed by atoms with E-state index in [-0.39, 0.29) is 23.5 Å². The van der Waals surface area contributed by atoms with Crippen molar-refractivity contribution in [3.8, 4) is 0 Å². The highest BCUT2D eigenvalue weighted by atomic mass is 16.5.